The van der Waals surface area contributed by atoms with Crippen LogP contribution in [0.5, 0.6) is 0 Å². The number of rotatable bonds is 4. The number of hydrogen-bond donors (Lipinski definition) is 2. The Morgan fingerprint density at radius 2 is 2.30 bits per heavy atom. The molecule has 0 spiro atoms. The van der Waals surface area contributed by atoms with Crippen molar-refractivity contribution in [3.05, 3.63) is 0 Å². The zero-order valence-electron chi connectivity index (χ0n) is 6.43. The molecule has 0 radical (unpaired) electrons. The molecule has 3 N–H and O–H groups in total. The zero-order chi connectivity index (χ0) is 7.82. The number of nitrogens with zero attached hydrogens (tertiary/aromatic N) is 1. The average Bonchev–Trinajstić information content (AvgIpc) is 1.87. The lowest BCUT2D eigenvalue weighted by atomic mass is 10.2. The fraction of sp³-hybridized carbons (Fsp3) is 0.714. The van der Waals surface area contributed by atoms with E-state index >= 15 is 0 Å². The van der Waals surface area contributed by atoms with Crippen molar-refractivity contribution in [3.63, 3.8) is 0 Å². The highest BCUT2D eigenvalue weighted by Gasteiger charge is 1.82. The molecule has 0 aliphatic heterocycles. The van der Waals surface area contributed by atoms with Gasteiger partial charge in [-0.25, -0.2) is 4.99 Å². The summed E-state index contributed by atoms with van der Waals surface area (Å²) in [5, 5.41) is 6.75. The van der Waals surface area contributed by atoms with Crippen LogP contribution in [0.2, 0.25) is 0 Å². The van der Waals surface area contributed by atoms with Crippen molar-refractivity contribution < 1.29 is 0 Å². The van der Waals surface area contributed by atoms with Crippen LogP contribution in [0.1, 0.15) is 32.6 Å². The van der Waals surface area contributed by atoms with E-state index in [2.05, 4.69) is 11.9 Å². The van der Waals surface area contributed by atoms with E-state index < -0.39 is 0 Å². The van der Waals surface area contributed by atoms with Gasteiger partial charge in [0.2, 0.25) is 5.96 Å². The van der Waals surface area contributed by atoms with Gasteiger partial charge in [-0.3, -0.25) is 5.41 Å². The van der Waals surface area contributed by atoms with Gasteiger partial charge < -0.3 is 5.73 Å². The fourth-order valence-electron chi connectivity index (χ4n) is 0.649. The summed E-state index contributed by atoms with van der Waals surface area (Å²) < 4.78 is 0. The first-order valence-corrected chi connectivity index (χ1v) is 3.64. The summed E-state index contributed by atoms with van der Waals surface area (Å²) in [6.07, 6.45) is 6.23. The molecule has 0 saturated carbocycles. The predicted octanol–water partition coefficient (Wildman–Crippen LogP) is 1.53. The molecule has 0 aromatic rings. The number of unbranched alkanes of at least 4 members (excludes halogenated alkanes) is 3. The summed E-state index contributed by atoms with van der Waals surface area (Å²) in [7, 11) is 0. The lowest BCUT2D eigenvalue weighted by Gasteiger charge is -1.90. The smallest absolute Gasteiger partial charge is 0.212 e. The number of aliphatic imine (C=N–C) groups is 1. The Bertz CT molecular complexity index is 118. The molecule has 0 rings (SSSR count). The second-order valence-electron chi connectivity index (χ2n) is 2.19. The minimum absolute atomic E-state index is 0.100. The molecule has 10 heavy (non-hydrogen) atoms. The van der Waals surface area contributed by atoms with E-state index in [9.17, 15) is 0 Å². The maximum absolute atomic E-state index is 6.75. The van der Waals surface area contributed by atoms with Crippen LogP contribution in [0.4, 0.5) is 0 Å². The van der Waals surface area contributed by atoms with Gasteiger partial charge in [0, 0.05) is 6.21 Å². The van der Waals surface area contributed by atoms with Gasteiger partial charge in [-0.2, -0.15) is 0 Å². The first-order valence-electron chi connectivity index (χ1n) is 3.64. The van der Waals surface area contributed by atoms with Crippen LogP contribution >= 0.6 is 0 Å². The third-order valence-electron chi connectivity index (χ3n) is 1.17. The van der Waals surface area contributed by atoms with E-state index in [0.29, 0.717) is 0 Å². The topological polar surface area (TPSA) is 62.2 Å². The highest BCUT2D eigenvalue weighted by Crippen LogP contribution is 1.95. The SMILES string of the molecule is CCCCCC=NC(=N)N. The maximum atomic E-state index is 6.75. The Labute approximate surface area is 61.8 Å². The van der Waals surface area contributed by atoms with Gasteiger partial charge >= 0.3 is 0 Å². The first-order chi connectivity index (χ1) is 4.77. The lowest BCUT2D eigenvalue weighted by Crippen LogP contribution is -2.05. The van der Waals surface area contributed by atoms with Crippen LogP contribution < -0.4 is 5.73 Å². The summed E-state index contributed by atoms with van der Waals surface area (Å²) >= 11 is 0. The number of guanidine groups is 1. The van der Waals surface area contributed by atoms with Crippen LogP contribution in [-0.2, 0) is 0 Å². The molecule has 0 bridgehead atoms. The summed E-state index contributed by atoms with van der Waals surface area (Å²) in [4.78, 5) is 3.63. The van der Waals surface area contributed by atoms with Crippen molar-refractivity contribution in [2.24, 2.45) is 10.7 Å². The second kappa shape index (κ2) is 6.26. The van der Waals surface area contributed by atoms with E-state index in [-0.39, 0.29) is 5.96 Å². The van der Waals surface area contributed by atoms with Gasteiger partial charge in [-0.15, -0.1) is 0 Å². The van der Waals surface area contributed by atoms with Crippen LogP contribution in [-0.4, -0.2) is 12.2 Å². The van der Waals surface area contributed by atoms with Gasteiger partial charge in [0.1, 0.15) is 0 Å². The Hall–Kier alpha value is -0.860. The number of nitrogens with one attached hydrogen (secondary N) is 1. The van der Waals surface area contributed by atoms with Crippen molar-refractivity contribution in [1.82, 2.24) is 0 Å². The molecule has 3 heteroatoms. The third kappa shape index (κ3) is 7.14. The van der Waals surface area contributed by atoms with Gasteiger partial charge in [0.05, 0.1) is 0 Å². The second-order valence-corrected chi connectivity index (χ2v) is 2.19. The first kappa shape index (κ1) is 9.14. The van der Waals surface area contributed by atoms with Gasteiger partial charge in [-0.05, 0) is 12.8 Å². The van der Waals surface area contributed by atoms with E-state index in [1.807, 2.05) is 0 Å². The van der Waals surface area contributed by atoms with Crippen molar-refractivity contribution in [3.8, 4) is 0 Å². The predicted molar refractivity (Wildman–Crippen MR) is 44.5 cm³/mol. The molecule has 0 aliphatic rings. The Morgan fingerprint density at radius 1 is 1.60 bits per heavy atom. The Balaban J connectivity index is 3.10. The summed E-state index contributed by atoms with van der Waals surface area (Å²) in [5.74, 6) is -0.100. The molecular weight excluding hydrogens is 126 g/mol. The normalized spacial score (nSPS) is 10.5. The number of hydrogen-bond acceptors (Lipinski definition) is 1. The molecule has 0 aliphatic carbocycles. The molecule has 0 atom stereocenters. The highest BCUT2D eigenvalue weighted by atomic mass is 15.0. The van der Waals surface area contributed by atoms with E-state index in [1.54, 1.807) is 6.21 Å². The van der Waals surface area contributed by atoms with Gasteiger partial charge in [0.15, 0.2) is 0 Å². The monoisotopic (exact) mass is 141 g/mol. The minimum Gasteiger partial charge on any atom is -0.368 e. The zero-order valence-corrected chi connectivity index (χ0v) is 6.43. The van der Waals surface area contributed by atoms with Crippen molar-refractivity contribution in [1.29, 1.82) is 5.41 Å². The molecule has 58 valence electrons. The Kier molecular flexibility index (Phi) is 5.72. The van der Waals surface area contributed by atoms with Gasteiger partial charge in [0.25, 0.3) is 0 Å². The average molecular weight is 141 g/mol. The molecule has 3 nitrogen and oxygen atoms in total. The van der Waals surface area contributed by atoms with Crippen molar-refractivity contribution in [2.75, 3.05) is 0 Å². The van der Waals surface area contributed by atoms with Gasteiger partial charge in [-0.1, -0.05) is 19.8 Å². The van der Waals surface area contributed by atoms with Crippen LogP contribution in [0.25, 0.3) is 0 Å². The molecule has 0 aromatic carbocycles. The van der Waals surface area contributed by atoms with Crippen LogP contribution in [0, 0.1) is 5.41 Å². The fourth-order valence-corrected chi connectivity index (χ4v) is 0.649. The van der Waals surface area contributed by atoms with E-state index in [1.165, 1.54) is 12.8 Å². The van der Waals surface area contributed by atoms with E-state index in [0.717, 1.165) is 12.8 Å². The lowest BCUT2D eigenvalue weighted by molar-refractivity contribution is 0.746. The van der Waals surface area contributed by atoms with E-state index in [4.69, 9.17) is 11.1 Å². The highest BCUT2D eigenvalue weighted by molar-refractivity contribution is 5.83. The molecule has 0 aromatic heterocycles. The largest absolute Gasteiger partial charge is 0.368 e. The molecular formula is C7H15N3. The summed E-state index contributed by atoms with van der Waals surface area (Å²) in [6, 6.07) is 0. The third-order valence-corrected chi connectivity index (χ3v) is 1.17. The standard InChI is InChI=1S/C7H15N3/c1-2-3-4-5-6-10-7(8)9/h6H,2-5H2,1H3,(H3,8,9). The summed E-state index contributed by atoms with van der Waals surface area (Å²) in [5.41, 5.74) is 4.99. The van der Waals surface area contributed by atoms with Crippen molar-refractivity contribution >= 4 is 12.2 Å². The van der Waals surface area contributed by atoms with Crippen LogP contribution in [0.15, 0.2) is 4.99 Å². The molecule has 0 fully saturated rings. The maximum Gasteiger partial charge on any atom is 0.212 e. The minimum atomic E-state index is -0.100. The quantitative estimate of drug-likeness (QED) is 0.348. The molecule has 0 unspecified atom stereocenters. The molecule has 0 saturated heterocycles. The van der Waals surface area contributed by atoms with Crippen LogP contribution in [0.3, 0.4) is 0 Å². The Morgan fingerprint density at radius 3 is 2.80 bits per heavy atom. The molecule has 0 heterocycles. The summed E-state index contributed by atoms with van der Waals surface area (Å²) in [6.45, 7) is 2.15. The van der Waals surface area contributed by atoms with Crippen molar-refractivity contribution in [2.45, 2.75) is 32.6 Å². The molecule has 0 amide bonds. The number of nitrogens with two attached hydrogens (primary N) is 1.